The molecule has 1 unspecified atom stereocenters. The molecule has 0 bridgehead atoms. The van der Waals surface area contributed by atoms with E-state index in [-0.39, 0.29) is 19.8 Å². The van der Waals surface area contributed by atoms with E-state index in [1.54, 1.807) is 0 Å². The minimum absolute atomic E-state index is 0.119. The lowest BCUT2D eigenvalue weighted by Gasteiger charge is -2.14. The van der Waals surface area contributed by atoms with E-state index in [4.69, 9.17) is 14.6 Å². The summed E-state index contributed by atoms with van der Waals surface area (Å²) in [5.74, 6) is -1.66. The first-order chi connectivity index (χ1) is 10.1. The van der Waals surface area contributed by atoms with Crippen molar-refractivity contribution in [2.24, 2.45) is 0 Å². The third-order valence-corrected chi connectivity index (χ3v) is 2.50. The lowest BCUT2D eigenvalue weighted by atomic mass is 10.2. The number of ether oxygens (including phenoxy) is 2. The van der Waals surface area contributed by atoms with Crippen LogP contribution >= 0.6 is 0 Å². The quantitative estimate of drug-likeness (QED) is 0.496. The van der Waals surface area contributed by atoms with Gasteiger partial charge in [0.2, 0.25) is 5.91 Å². The summed E-state index contributed by atoms with van der Waals surface area (Å²) < 4.78 is 10.3. The Hall–Kier alpha value is -2.18. The van der Waals surface area contributed by atoms with Gasteiger partial charge in [0.05, 0.1) is 19.8 Å². The molecule has 0 fully saturated rings. The van der Waals surface area contributed by atoms with E-state index in [2.05, 4.69) is 11.9 Å². The van der Waals surface area contributed by atoms with Gasteiger partial charge in [-0.15, -0.1) is 6.58 Å². The number of nitrogens with one attached hydrogen (secondary N) is 1. The molecule has 114 valence electrons. The molecule has 21 heavy (non-hydrogen) atoms. The van der Waals surface area contributed by atoms with Crippen LogP contribution in [-0.2, 0) is 25.7 Å². The average Bonchev–Trinajstić information content (AvgIpc) is 2.47. The maximum Gasteiger partial charge on any atom is 0.328 e. The van der Waals surface area contributed by atoms with Gasteiger partial charge in [0, 0.05) is 0 Å². The summed E-state index contributed by atoms with van der Waals surface area (Å²) in [7, 11) is 0. The van der Waals surface area contributed by atoms with Gasteiger partial charge in [0.15, 0.2) is 6.04 Å². The van der Waals surface area contributed by atoms with E-state index in [1.165, 1.54) is 6.08 Å². The highest BCUT2D eigenvalue weighted by Gasteiger charge is 2.19. The number of carboxylic acid groups (broad SMARTS) is 1. The molecule has 1 aromatic carbocycles. The Labute approximate surface area is 123 Å². The van der Waals surface area contributed by atoms with Gasteiger partial charge < -0.3 is 19.9 Å². The van der Waals surface area contributed by atoms with Crippen LogP contribution in [0.4, 0.5) is 0 Å². The summed E-state index contributed by atoms with van der Waals surface area (Å²) in [6.07, 6.45) is 1.50. The van der Waals surface area contributed by atoms with Crippen LogP contribution in [0.5, 0.6) is 0 Å². The van der Waals surface area contributed by atoms with Crippen molar-refractivity contribution in [3.63, 3.8) is 0 Å². The molecule has 0 aliphatic heterocycles. The van der Waals surface area contributed by atoms with Crippen molar-refractivity contribution >= 4 is 11.9 Å². The molecule has 0 saturated heterocycles. The normalized spacial score (nSPS) is 11.6. The zero-order valence-electron chi connectivity index (χ0n) is 11.7. The van der Waals surface area contributed by atoms with Gasteiger partial charge in [-0.3, -0.25) is 4.79 Å². The molecule has 1 amide bonds. The molecule has 1 atom stereocenters. The fraction of sp³-hybridized carbons (Fsp3) is 0.333. The van der Waals surface area contributed by atoms with E-state index < -0.39 is 17.9 Å². The van der Waals surface area contributed by atoms with Gasteiger partial charge in [-0.05, 0) is 5.56 Å². The van der Waals surface area contributed by atoms with Crippen molar-refractivity contribution in [2.45, 2.75) is 12.6 Å². The van der Waals surface area contributed by atoms with Crippen molar-refractivity contribution in [1.82, 2.24) is 5.32 Å². The fourth-order valence-electron chi connectivity index (χ4n) is 1.52. The van der Waals surface area contributed by atoms with Crippen LogP contribution in [0.1, 0.15) is 5.56 Å². The van der Waals surface area contributed by atoms with Crippen LogP contribution in [0.15, 0.2) is 43.0 Å². The highest BCUT2D eigenvalue weighted by atomic mass is 16.5. The van der Waals surface area contributed by atoms with Crippen molar-refractivity contribution in [3.8, 4) is 0 Å². The second-order valence-corrected chi connectivity index (χ2v) is 4.26. The summed E-state index contributed by atoms with van der Waals surface area (Å²) in [5, 5.41) is 11.3. The van der Waals surface area contributed by atoms with Gasteiger partial charge >= 0.3 is 5.97 Å². The number of hydrogen-bond acceptors (Lipinski definition) is 4. The number of amides is 1. The Balaban J connectivity index is 2.29. The first kappa shape index (κ1) is 16.9. The van der Waals surface area contributed by atoms with Crippen LogP contribution in [0.3, 0.4) is 0 Å². The van der Waals surface area contributed by atoms with Crippen molar-refractivity contribution in [2.75, 3.05) is 19.8 Å². The summed E-state index contributed by atoms with van der Waals surface area (Å²) in [6.45, 7) is 3.64. The van der Waals surface area contributed by atoms with Crippen molar-refractivity contribution in [1.29, 1.82) is 0 Å². The molecule has 1 aromatic rings. The standard InChI is InChI=1S/C15H19NO5/c1-2-8-20-10-13(15(18)19)16-14(17)11-21-9-12-6-4-3-5-7-12/h2-7,13H,1,8-11H2,(H,16,17)(H,18,19). The maximum absolute atomic E-state index is 11.6. The average molecular weight is 293 g/mol. The van der Waals surface area contributed by atoms with E-state index in [0.29, 0.717) is 6.61 Å². The van der Waals surface area contributed by atoms with E-state index in [9.17, 15) is 9.59 Å². The SMILES string of the molecule is C=CCOCC(NC(=O)COCc1ccccc1)C(=O)O. The molecule has 0 radical (unpaired) electrons. The number of rotatable bonds is 10. The Morgan fingerprint density at radius 2 is 2.00 bits per heavy atom. The Kier molecular flexibility index (Phi) is 7.78. The van der Waals surface area contributed by atoms with Gasteiger partial charge in [0.1, 0.15) is 6.61 Å². The molecule has 1 rings (SSSR count). The smallest absolute Gasteiger partial charge is 0.328 e. The zero-order valence-corrected chi connectivity index (χ0v) is 11.7. The third kappa shape index (κ3) is 7.24. The van der Waals surface area contributed by atoms with Gasteiger partial charge in [-0.2, -0.15) is 0 Å². The largest absolute Gasteiger partial charge is 0.480 e. The number of hydrogen-bond donors (Lipinski definition) is 2. The molecule has 0 spiro atoms. The maximum atomic E-state index is 11.6. The highest BCUT2D eigenvalue weighted by Crippen LogP contribution is 2.00. The Bertz CT molecular complexity index is 460. The van der Waals surface area contributed by atoms with E-state index in [0.717, 1.165) is 5.56 Å². The van der Waals surface area contributed by atoms with Crippen LogP contribution in [0.2, 0.25) is 0 Å². The predicted octanol–water partition coefficient (Wildman–Crippen LogP) is 0.975. The van der Waals surface area contributed by atoms with Crippen molar-refractivity contribution in [3.05, 3.63) is 48.6 Å². The molecular formula is C15H19NO5. The third-order valence-electron chi connectivity index (χ3n) is 2.50. The lowest BCUT2D eigenvalue weighted by molar-refractivity contribution is -0.144. The van der Waals surface area contributed by atoms with E-state index >= 15 is 0 Å². The number of carboxylic acids is 1. The van der Waals surface area contributed by atoms with Gasteiger partial charge in [-0.1, -0.05) is 36.4 Å². The summed E-state index contributed by atoms with van der Waals surface area (Å²) in [6, 6.07) is 8.28. The summed E-state index contributed by atoms with van der Waals surface area (Å²) in [5.41, 5.74) is 0.939. The van der Waals surface area contributed by atoms with E-state index in [1.807, 2.05) is 30.3 Å². The minimum atomic E-state index is -1.16. The molecular weight excluding hydrogens is 274 g/mol. The van der Waals surface area contributed by atoms with Crippen LogP contribution in [0.25, 0.3) is 0 Å². The van der Waals surface area contributed by atoms with Crippen molar-refractivity contribution < 1.29 is 24.2 Å². The molecule has 6 nitrogen and oxygen atoms in total. The highest BCUT2D eigenvalue weighted by molar-refractivity contribution is 5.84. The fourth-order valence-corrected chi connectivity index (χ4v) is 1.52. The first-order valence-corrected chi connectivity index (χ1v) is 6.46. The first-order valence-electron chi connectivity index (χ1n) is 6.46. The van der Waals surface area contributed by atoms with Crippen LogP contribution in [-0.4, -0.2) is 42.8 Å². The van der Waals surface area contributed by atoms with Crippen LogP contribution < -0.4 is 5.32 Å². The predicted molar refractivity (Wildman–Crippen MR) is 76.7 cm³/mol. The topological polar surface area (TPSA) is 84.9 Å². The molecule has 0 heterocycles. The molecule has 2 N–H and O–H groups in total. The lowest BCUT2D eigenvalue weighted by Crippen LogP contribution is -2.45. The van der Waals surface area contributed by atoms with Gasteiger partial charge in [-0.25, -0.2) is 4.79 Å². The molecule has 0 aliphatic carbocycles. The number of benzene rings is 1. The summed E-state index contributed by atoms with van der Waals surface area (Å²) in [4.78, 5) is 22.6. The second-order valence-electron chi connectivity index (χ2n) is 4.26. The number of carbonyl (C=O) groups excluding carboxylic acids is 1. The zero-order chi connectivity index (χ0) is 15.5. The molecule has 6 heteroatoms. The number of carbonyl (C=O) groups is 2. The Morgan fingerprint density at radius 3 is 2.62 bits per heavy atom. The molecule has 0 aliphatic rings. The van der Waals surface area contributed by atoms with Crippen LogP contribution in [0, 0.1) is 0 Å². The summed E-state index contributed by atoms with van der Waals surface area (Å²) >= 11 is 0. The monoisotopic (exact) mass is 293 g/mol. The second kappa shape index (κ2) is 9.68. The number of aliphatic carboxylic acids is 1. The van der Waals surface area contributed by atoms with Gasteiger partial charge in [0.25, 0.3) is 0 Å². The Morgan fingerprint density at radius 1 is 1.29 bits per heavy atom. The minimum Gasteiger partial charge on any atom is -0.480 e. The molecule has 0 aromatic heterocycles. The molecule has 0 saturated carbocycles.